The molecule has 1 atom stereocenters. The van der Waals surface area contributed by atoms with Crippen LogP contribution in [0.2, 0.25) is 0 Å². The maximum absolute atomic E-state index is 12.3. The molecule has 0 aromatic rings. The van der Waals surface area contributed by atoms with Gasteiger partial charge in [0, 0.05) is 18.1 Å². The number of allylic oxidation sites excluding steroid dienone is 1. The van der Waals surface area contributed by atoms with E-state index in [1.165, 1.54) is 6.92 Å². The fraction of sp³-hybridized carbons (Fsp3) is 0.750. The van der Waals surface area contributed by atoms with Crippen molar-refractivity contribution in [3.05, 3.63) is 11.6 Å². The van der Waals surface area contributed by atoms with Gasteiger partial charge >= 0.3 is 13.9 Å². The minimum atomic E-state index is -4.30. The van der Waals surface area contributed by atoms with E-state index in [2.05, 4.69) is 4.65 Å². The quantitative estimate of drug-likeness (QED) is 0.554. The Morgan fingerprint density at radius 1 is 1.57 bits per heavy atom. The highest BCUT2D eigenvalue weighted by atomic mass is 19.4. The van der Waals surface area contributed by atoms with Crippen LogP contribution in [0, 0.1) is 0 Å². The third-order valence-electron chi connectivity index (χ3n) is 1.68. The summed E-state index contributed by atoms with van der Waals surface area (Å²) in [5, 5.41) is 8.36. The van der Waals surface area contributed by atoms with Crippen molar-refractivity contribution >= 4 is 7.69 Å². The van der Waals surface area contributed by atoms with Crippen LogP contribution in [0.25, 0.3) is 0 Å². The molecule has 0 aromatic heterocycles. The fourth-order valence-corrected chi connectivity index (χ4v) is 1.06. The summed E-state index contributed by atoms with van der Waals surface area (Å²) in [7, 11) is -0.557. The van der Waals surface area contributed by atoms with E-state index in [-0.39, 0.29) is 6.42 Å². The molecule has 0 amide bonds. The Morgan fingerprint density at radius 2 is 2.14 bits per heavy atom. The van der Waals surface area contributed by atoms with Crippen LogP contribution in [0.15, 0.2) is 11.6 Å². The molecule has 0 aliphatic heterocycles. The zero-order valence-electron chi connectivity index (χ0n) is 8.27. The molecule has 2 nitrogen and oxygen atoms in total. The van der Waals surface area contributed by atoms with Gasteiger partial charge in [-0.25, -0.2) is 0 Å². The van der Waals surface area contributed by atoms with Crippen LogP contribution < -0.4 is 0 Å². The van der Waals surface area contributed by atoms with Crippen molar-refractivity contribution in [2.45, 2.75) is 39.0 Å². The normalized spacial score (nSPS) is 15.4. The van der Waals surface area contributed by atoms with Gasteiger partial charge in [-0.05, 0) is 13.3 Å². The lowest BCUT2D eigenvalue weighted by atomic mass is 10.1. The Bertz CT molecular complexity index is 192. The van der Waals surface area contributed by atoms with Gasteiger partial charge in [-0.3, -0.25) is 0 Å². The van der Waals surface area contributed by atoms with Crippen molar-refractivity contribution in [2.24, 2.45) is 0 Å². The lowest BCUT2D eigenvalue weighted by Gasteiger charge is -2.16. The minimum absolute atomic E-state index is 0.224. The molecule has 0 rings (SSSR count). The van der Waals surface area contributed by atoms with Gasteiger partial charge in [-0.15, -0.1) is 0 Å². The standard InChI is InChI=1S/C8H14BF3O2/c1-3-4-7(8(10,11)12)5-6(2)14-9-13/h4,6,9,13H,3,5H2,1-2H3/b7-4+. The number of halogens is 3. The fourth-order valence-electron chi connectivity index (χ4n) is 1.06. The number of hydrogen-bond acceptors (Lipinski definition) is 2. The van der Waals surface area contributed by atoms with E-state index in [1.807, 2.05) is 0 Å². The van der Waals surface area contributed by atoms with Crippen LogP contribution in [0.4, 0.5) is 13.2 Å². The van der Waals surface area contributed by atoms with Gasteiger partial charge in [0.1, 0.15) is 0 Å². The molecule has 0 aromatic carbocycles. The summed E-state index contributed by atoms with van der Waals surface area (Å²) >= 11 is 0. The Hall–Kier alpha value is -0.485. The van der Waals surface area contributed by atoms with Crippen LogP contribution >= 0.6 is 0 Å². The van der Waals surface area contributed by atoms with Gasteiger partial charge in [0.25, 0.3) is 0 Å². The molecule has 0 heterocycles. The predicted octanol–water partition coefficient (Wildman–Crippen LogP) is 1.94. The Labute approximate surface area is 82.1 Å². The van der Waals surface area contributed by atoms with Gasteiger partial charge in [0.05, 0.1) is 0 Å². The maximum atomic E-state index is 12.3. The SMILES string of the molecule is CC/C=C(\CC(C)OBO)C(F)(F)F. The van der Waals surface area contributed by atoms with E-state index in [0.29, 0.717) is 6.42 Å². The van der Waals surface area contributed by atoms with Crippen molar-refractivity contribution in [3.63, 3.8) is 0 Å². The molecule has 0 radical (unpaired) electrons. The molecule has 82 valence electrons. The predicted molar refractivity (Wildman–Crippen MR) is 49.0 cm³/mol. The average Bonchev–Trinajstić information content (AvgIpc) is 2.02. The van der Waals surface area contributed by atoms with E-state index in [0.717, 1.165) is 6.08 Å². The summed E-state index contributed by atoms with van der Waals surface area (Å²) in [6.45, 7) is 3.13. The van der Waals surface area contributed by atoms with Crippen LogP contribution in [-0.2, 0) is 4.65 Å². The first-order valence-electron chi connectivity index (χ1n) is 4.40. The van der Waals surface area contributed by atoms with E-state index in [9.17, 15) is 13.2 Å². The molecule has 0 fully saturated rings. The van der Waals surface area contributed by atoms with Crippen molar-refractivity contribution in [2.75, 3.05) is 0 Å². The molecule has 14 heavy (non-hydrogen) atoms. The maximum Gasteiger partial charge on any atom is 0.435 e. The van der Waals surface area contributed by atoms with Gasteiger partial charge in [0.2, 0.25) is 0 Å². The van der Waals surface area contributed by atoms with Crippen LogP contribution in [-0.4, -0.2) is 25.0 Å². The van der Waals surface area contributed by atoms with Gasteiger partial charge in [-0.1, -0.05) is 13.0 Å². The summed E-state index contributed by atoms with van der Waals surface area (Å²) in [6.07, 6.45) is -3.68. The molecule has 0 aliphatic rings. The zero-order chi connectivity index (χ0) is 11.2. The topological polar surface area (TPSA) is 29.5 Å². The molecule has 0 bridgehead atoms. The monoisotopic (exact) mass is 210 g/mol. The lowest BCUT2D eigenvalue weighted by molar-refractivity contribution is -0.0966. The largest absolute Gasteiger partial charge is 0.435 e. The van der Waals surface area contributed by atoms with Gasteiger partial charge in [0.15, 0.2) is 0 Å². The molecule has 0 saturated heterocycles. The molecule has 0 aliphatic carbocycles. The molecular formula is C8H14BF3O2. The Kier molecular flexibility index (Phi) is 5.87. The van der Waals surface area contributed by atoms with E-state index < -0.39 is 25.5 Å². The average molecular weight is 210 g/mol. The summed E-state index contributed by atoms with van der Waals surface area (Å²) in [5.41, 5.74) is -0.596. The first kappa shape index (κ1) is 13.5. The summed E-state index contributed by atoms with van der Waals surface area (Å²) in [4.78, 5) is 0. The first-order valence-corrected chi connectivity index (χ1v) is 4.40. The zero-order valence-corrected chi connectivity index (χ0v) is 8.27. The van der Waals surface area contributed by atoms with Crippen LogP contribution in [0.1, 0.15) is 26.7 Å². The third kappa shape index (κ3) is 5.29. The highest BCUT2D eigenvalue weighted by molar-refractivity contribution is 6.15. The second kappa shape index (κ2) is 6.08. The third-order valence-corrected chi connectivity index (χ3v) is 1.68. The number of rotatable bonds is 5. The highest BCUT2D eigenvalue weighted by Crippen LogP contribution is 2.29. The van der Waals surface area contributed by atoms with E-state index >= 15 is 0 Å². The molecule has 0 spiro atoms. The second-order valence-corrected chi connectivity index (χ2v) is 2.95. The summed E-state index contributed by atoms with van der Waals surface area (Å²) < 4.78 is 41.6. The molecule has 1 unspecified atom stereocenters. The van der Waals surface area contributed by atoms with Crippen molar-refractivity contribution in [3.8, 4) is 0 Å². The second-order valence-electron chi connectivity index (χ2n) is 2.95. The first-order chi connectivity index (χ1) is 6.41. The highest BCUT2D eigenvalue weighted by Gasteiger charge is 2.33. The minimum Gasteiger partial charge on any atom is -0.430 e. The van der Waals surface area contributed by atoms with Crippen LogP contribution in [0.3, 0.4) is 0 Å². The number of alkyl halides is 3. The molecular weight excluding hydrogens is 196 g/mol. The summed E-state index contributed by atoms with van der Waals surface area (Å²) in [6, 6.07) is 0. The lowest BCUT2D eigenvalue weighted by Crippen LogP contribution is -2.19. The van der Waals surface area contributed by atoms with Crippen molar-refractivity contribution in [1.82, 2.24) is 0 Å². The van der Waals surface area contributed by atoms with E-state index in [4.69, 9.17) is 5.02 Å². The summed E-state index contributed by atoms with van der Waals surface area (Å²) in [5.74, 6) is 0. The van der Waals surface area contributed by atoms with Crippen molar-refractivity contribution in [1.29, 1.82) is 0 Å². The van der Waals surface area contributed by atoms with Gasteiger partial charge < -0.3 is 9.68 Å². The Balaban J connectivity index is 4.32. The molecule has 0 saturated carbocycles. The van der Waals surface area contributed by atoms with Gasteiger partial charge in [-0.2, -0.15) is 13.2 Å². The Morgan fingerprint density at radius 3 is 2.50 bits per heavy atom. The number of hydrogen-bond donors (Lipinski definition) is 1. The van der Waals surface area contributed by atoms with Crippen molar-refractivity contribution < 1.29 is 22.8 Å². The van der Waals surface area contributed by atoms with Crippen LogP contribution in [0.5, 0.6) is 0 Å². The molecule has 6 heteroatoms. The molecule has 1 N–H and O–H groups in total. The smallest absolute Gasteiger partial charge is 0.430 e. The van der Waals surface area contributed by atoms with E-state index in [1.54, 1.807) is 6.92 Å².